The summed E-state index contributed by atoms with van der Waals surface area (Å²) in [5.41, 5.74) is 6.16. The molecule has 0 unspecified atom stereocenters. The van der Waals surface area contributed by atoms with E-state index in [0.717, 1.165) is 0 Å². The van der Waals surface area contributed by atoms with Gasteiger partial charge in [0.05, 0.1) is 0 Å². The molecule has 5 N–H and O–H groups in total. The van der Waals surface area contributed by atoms with E-state index < -0.39 is 5.91 Å². The van der Waals surface area contributed by atoms with Crippen molar-refractivity contribution in [2.75, 3.05) is 5.32 Å². The van der Waals surface area contributed by atoms with Crippen LogP contribution in [0.5, 0.6) is 0 Å². The number of hydrogen-bond donors (Lipinski definition) is 4. The van der Waals surface area contributed by atoms with Crippen molar-refractivity contribution in [3.8, 4) is 0 Å². The molecule has 0 aliphatic carbocycles. The highest BCUT2D eigenvalue weighted by molar-refractivity contribution is 6.04. The van der Waals surface area contributed by atoms with Crippen LogP contribution in [0.15, 0.2) is 47.4 Å². The Bertz CT molecular complexity index is 766. The fourth-order valence-electron chi connectivity index (χ4n) is 1.70. The first-order chi connectivity index (χ1) is 10.9. The summed E-state index contributed by atoms with van der Waals surface area (Å²) in [5, 5.41) is 16.8. The topological polar surface area (TPSA) is 138 Å². The lowest BCUT2D eigenvalue weighted by atomic mass is 10.2. The fraction of sp³-hybridized carbons (Fsp3) is 0.0667. The molecule has 8 nitrogen and oxygen atoms in total. The number of nitrogens with one attached hydrogen (secondary N) is 2. The first kappa shape index (κ1) is 17.6. The summed E-state index contributed by atoms with van der Waals surface area (Å²) in [5.74, 6) is -0.512. The van der Waals surface area contributed by atoms with E-state index in [1.165, 1.54) is 10.6 Å². The van der Waals surface area contributed by atoms with Crippen molar-refractivity contribution in [1.82, 2.24) is 4.57 Å². The van der Waals surface area contributed by atoms with E-state index in [2.05, 4.69) is 5.32 Å². The van der Waals surface area contributed by atoms with Gasteiger partial charge in [-0.1, -0.05) is 0 Å². The highest BCUT2D eigenvalue weighted by Crippen LogP contribution is 2.10. The zero-order valence-corrected chi connectivity index (χ0v) is 12.3. The number of carboxylic acid groups (broad SMARTS) is 1. The molecule has 0 saturated heterocycles. The molecule has 0 aliphatic rings. The van der Waals surface area contributed by atoms with Gasteiger partial charge in [-0.3, -0.25) is 19.8 Å². The smallest absolute Gasteiger partial charge is 0.290 e. The molecule has 0 bridgehead atoms. The number of nitrogens with zero attached hydrogens (tertiary/aromatic N) is 1. The van der Waals surface area contributed by atoms with Gasteiger partial charge in [0.2, 0.25) is 0 Å². The standard InChI is InChI=1S/C14H14N4O2.CH2O2/c1-18-8-2-3-11(14(18)20)13(19)17-10-6-4-9(5-7-10)12(15)16;2-1-3/h2-8H,1H3,(H3,15,16)(H,17,19);1H,(H,2,3). The molecule has 120 valence electrons. The molecule has 0 atom stereocenters. The molecule has 0 saturated carbocycles. The maximum Gasteiger partial charge on any atom is 0.290 e. The van der Waals surface area contributed by atoms with Gasteiger partial charge in [0, 0.05) is 24.5 Å². The quantitative estimate of drug-likeness (QED) is 0.373. The van der Waals surface area contributed by atoms with Gasteiger partial charge in [-0.15, -0.1) is 0 Å². The van der Waals surface area contributed by atoms with E-state index in [1.54, 1.807) is 43.6 Å². The second kappa shape index (κ2) is 8.13. The molecule has 2 aromatic rings. The van der Waals surface area contributed by atoms with Gasteiger partial charge in [0.1, 0.15) is 11.4 Å². The first-order valence-electron chi connectivity index (χ1n) is 6.40. The number of benzene rings is 1. The van der Waals surface area contributed by atoms with Crippen LogP contribution in [-0.2, 0) is 11.8 Å². The van der Waals surface area contributed by atoms with Gasteiger partial charge < -0.3 is 20.7 Å². The van der Waals surface area contributed by atoms with Crippen molar-refractivity contribution >= 4 is 23.9 Å². The molecule has 2 rings (SSSR count). The number of nitrogens with two attached hydrogens (primary N) is 1. The Morgan fingerprint density at radius 2 is 1.87 bits per heavy atom. The number of nitrogen functional groups attached to an aromatic ring is 1. The lowest BCUT2D eigenvalue weighted by Gasteiger charge is -2.06. The second-order valence-electron chi connectivity index (χ2n) is 4.39. The molecule has 0 fully saturated rings. The molecule has 23 heavy (non-hydrogen) atoms. The van der Waals surface area contributed by atoms with Crippen molar-refractivity contribution in [2.45, 2.75) is 0 Å². The molecule has 0 spiro atoms. The molecule has 8 heteroatoms. The normalized spacial score (nSPS) is 9.26. The van der Waals surface area contributed by atoms with Gasteiger partial charge in [-0.05, 0) is 36.4 Å². The van der Waals surface area contributed by atoms with Gasteiger partial charge in [-0.25, -0.2) is 0 Å². The lowest BCUT2D eigenvalue weighted by molar-refractivity contribution is -0.122. The SMILES string of the molecule is Cn1cccc(C(=O)Nc2ccc(C(=N)N)cc2)c1=O.O=CO. The van der Waals surface area contributed by atoms with Crippen LogP contribution in [0.1, 0.15) is 15.9 Å². The van der Waals surface area contributed by atoms with Crippen LogP contribution in [-0.4, -0.2) is 27.9 Å². The average molecular weight is 316 g/mol. The van der Waals surface area contributed by atoms with Crippen LogP contribution in [0.25, 0.3) is 0 Å². The maximum atomic E-state index is 12.0. The number of carbonyl (C=O) groups excluding carboxylic acids is 1. The van der Waals surface area contributed by atoms with Gasteiger partial charge in [0.15, 0.2) is 0 Å². The van der Waals surface area contributed by atoms with Crippen LogP contribution >= 0.6 is 0 Å². The van der Waals surface area contributed by atoms with Crippen LogP contribution < -0.4 is 16.6 Å². The number of aryl methyl sites for hydroxylation is 1. The van der Waals surface area contributed by atoms with Crippen molar-refractivity contribution in [3.05, 3.63) is 64.1 Å². The molecular formula is C15H16N4O4. The number of carbonyl (C=O) groups is 2. The summed E-state index contributed by atoms with van der Waals surface area (Å²) in [6.07, 6.45) is 1.58. The summed E-state index contributed by atoms with van der Waals surface area (Å²) >= 11 is 0. The highest BCUT2D eigenvalue weighted by Gasteiger charge is 2.11. The Morgan fingerprint density at radius 1 is 1.30 bits per heavy atom. The number of rotatable bonds is 3. The molecule has 1 amide bonds. The molecular weight excluding hydrogens is 300 g/mol. The Labute approximate surface area is 131 Å². The van der Waals surface area contributed by atoms with E-state index in [9.17, 15) is 9.59 Å². The van der Waals surface area contributed by atoms with Crippen LogP contribution in [0, 0.1) is 5.41 Å². The number of pyridine rings is 1. The van der Waals surface area contributed by atoms with E-state index >= 15 is 0 Å². The van der Waals surface area contributed by atoms with Gasteiger partial charge >= 0.3 is 0 Å². The van der Waals surface area contributed by atoms with Gasteiger partial charge in [0.25, 0.3) is 17.9 Å². The summed E-state index contributed by atoms with van der Waals surface area (Å²) in [6, 6.07) is 9.61. The van der Waals surface area contributed by atoms with Crippen molar-refractivity contribution in [1.29, 1.82) is 5.41 Å². The Hall–Kier alpha value is -3.42. The number of aromatic nitrogens is 1. The van der Waals surface area contributed by atoms with Gasteiger partial charge in [-0.2, -0.15) is 0 Å². The molecule has 1 heterocycles. The number of anilines is 1. The minimum atomic E-state index is -0.471. The Balaban J connectivity index is 0.000000816. The minimum absolute atomic E-state index is 0.0418. The maximum absolute atomic E-state index is 12.0. The van der Waals surface area contributed by atoms with Crippen LogP contribution in [0.4, 0.5) is 5.69 Å². The summed E-state index contributed by atoms with van der Waals surface area (Å²) in [6.45, 7) is -0.250. The number of amidine groups is 1. The predicted molar refractivity (Wildman–Crippen MR) is 85.8 cm³/mol. The van der Waals surface area contributed by atoms with Crippen molar-refractivity contribution < 1.29 is 14.7 Å². The Morgan fingerprint density at radius 3 is 2.39 bits per heavy atom. The van der Waals surface area contributed by atoms with Crippen LogP contribution in [0.2, 0.25) is 0 Å². The zero-order valence-electron chi connectivity index (χ0n) is 12.3. The van der Waals surface area contributed by atoms with E-state index in [-0.39, 0.29) is 23.4 Å². The Kier molecular flexibility index (Phi) is 6.23. The molecule has 0 radical (unpaired) electrons. The molecule has 0 aliphatic heterocycles. The summed E-state index contributed by atoms with van der Waals surface area (Å²) in [4.78, 5) is 32.2. The number of hydrogen-bond acceptors (Lipinski definition) is 4. The monoisotopic (exact) mass is 316 g/mol. The van der Waals surface area contributed by atoms with Crippen LogP contribution in [0.3, 0.4) is 0 Å². The summed E-state index contributed by atoms with van der Waals surface area (Å²) in [7, 11) is 1.58. The first-order valence-corrected chi connectivity index (χ1v) is 6.40. The summed E-state index contributed by atoms with van der Waals surface area (Å²) < 4.78 is 1.34. The second-order valence-corrected chi connectivity index (χ2v) is 4.39. The van der Waals surface area contributed by atoms with E-state index in [4.69, 9.17) is 21.0 Å². The van der Waals surface area contributed by atoms with Crippen molar-refractivity contribution in [3.63, 3.8) is 0 Å². The minimum Gasteiger partial charge on any atom is -0.483 e. The third-order valence-electron chi connectivity index (χ3n) is 2.82. The van der Waals surface area contributed by atoms with E-state index in [1.807, 2.05) is 0 Å². The lowest BCUT2D eigenvalue weighted by Crippen LogP contribution is -2.27. The molecule has 1 aromatic carbocycles. The predicted octanol–water partition coefficient (Wildman–Crippen LogP) is 0.622. The third kappa shape index (κ3) is 4.81. The largest absolute Gasteiger partial charge is 0.483 e. The zero-order chi connectivity index (χ0) is 17.4. The average Bonchev–Trinajstić information content (AvgIpc) is 2.51. The molecule has 1 aromatic heterocycles. The third-order valence-corrected chi connectivity index (χ3v) is 2.82. The van der Waals surface area contributed by atoms with Crippen molar-refractivity contribution in [2.24, 2.45) is 12.8 Å². The fourth-order valence-corrected chi connectivity index (χ4v) is 1.70. The van der Waals surface area contributed by atoms with E-state index in [0.29, 0.717) is 11.3 Å². The highest BCUT2D eigenvalue weighted by atomic mass is 16.3. The number of amides is 1.